The summed E-state index contributed by atoms with van der Waals surface area (Å²) in [6.07, 6.45) is 4.78. The Morgan fingerprint density at radius 3 is 3.17 bits per heavy atom. The van der Waals surface area contributed by atoms with Crippen molar-refractivity contribution in [3.63, 3.8) is 0 Å². The lowest BCUT2D eigenvalue weighted by Gasteiger charge is -1.94. The maximum atomic E-state index is 11.0. The topological polar surface area (TPSA) is 47.8 Å². The van der Waals surface area contributed by atoms with Crippen LogP contribution in [0.1, 0.15) is 11.7 Å². The molecule has 0 radical (unpaired) electrons. The number of hydrogen-bond donors (Lipinski definition) is 0. The van der Waals surface area contributed by atoms with Gasteiger partial charge in [0.2, 0.25) is 5.91 Å². The van der Waals surface area contributed by atoms with E-state index >= 15 is 0 Å². The molecule has 0 spiro atoms. The molecule has 0 unspecified atom stereocenters. The van der Waals surface area contributed by atoms with E-state index in [2.05, 4.69) is 9.97 Å². The van der Waals surface area contributed by atoms with Crippen molar-refractivity contribution in [1.82, 2.24) is 14.5 Å². The highest BCUT2D eigenvalue weighted by Gasteiger charge is 2.03. The third-order valence-corrected chi connectivity index (χ3v) is 1.69. The number of aromatic nitrogens is 3. The van der Waals surface area contributed by atoms with E-state index in [1.54, 1.807) is 18.5 Å². The van der Waals surface area contributed by atoms with Gasteiger partial charge in [0.25, 0.3) is 0 Å². The van der Waals surface area contributed by atoms with E-state index in [9.17, 15) is 4.79 Å². The molecule has 4 nitrogen and oxygen atoms in total. The van der Waals surface area contributed by atoms with Crippen LogP contribution < -0.4 is 0 Å². The van der Waals surface area contributed by atoms with Crippen molar-refractivity contribution in [2.24, 2.45) is 0 Å². The summed E-state index contributed by atoms with van der Waals surface area (Å²) in [6, 6.07) is 1.77. The fraction of sp³-hybridized carbons (Fsp3) is 0.125. The number of fused-ring (bicyclic) bond motifs is 1. The maximum Gasteiger partial charge on any atom is 0.229 e. The minimum absolute atomic E-state index is 0.0382. The van der Waals surface area contributed by atoms with Gasteiger partial charge in [-0.25, -0.2) is 4.98 Å². The molecule has 0 aliphatic carbocycles. The van der Waals surface area contributed by atoms with Crippen LogP contribution >= 0.6 is 0 Å². The Labute approximate surface area is 68.9 Å². The summed E-state index contributed by atoms with van der Waals surface area (Å²) in [7, 11) is 0. The number of carbonyl (C=O) groups is 1. The van der Waals surface area contributed by atoms with Gasteiger partial charge < -0.3 is 0 Å². The normalized spacial score (nSPS) is 10.4. The fourth-order valence-electron chi connectivity index (χ4n) is 1.12. The summed E-state index contributed by atoms with van der Waals surface area (Å²) in [6.45, 7) is 1.50. The summed E-state index contributed by atoms with van der Waals surface area (Å²) in [4.78, 5) is 18.9. The quantitative estimate of drug-likeness (QED) is 0.581. The first-order valence-electron chi connectivity index (χ1n) is 3.57. The minimum atomic E-state index is -0.0382. The maximum absolute atomic E-state index is 11.0. The zero-order chi connectivity index (χ0) is 8.55. The molecule has 0 aliphatic heterocycles. The van der Waals surface area contributed by atoms with Crippen LogP contribution in [-0.4, -0.2) is 20.4 Å². The first-order chi connectivity index (χ1) is 5.79. The summed E-state index contributed by atoms with van der Waals surface area (Å²) < 4.78 is 1.50. The van der Waals surface area contributed by atoms with Gasteiger partial charge in [0.05, 0.1) is 11.7 Å². The van der Waals surface area contributed by atoms with Crippen LogP contribution in [0.25, 0.3) is 11.0 Å². The average Bonchev–Trinajstić information content (AvgIpc) is 2.47. The van der Waals surface area contributed by atoms with E-state index < -0.39 is 0 Å². The van der Waals surface area contributed by atoms with E-state index in [-0.39, 0.29) is 5.91 Å². The molecular formula is C8H7N3O. The summed E-state index contributed by atoms with van der Waals surface area (Å²) in [5.74, 6) is -0.0382. The molecule has 0 aromatic carbocycles. The van der Waals surface area contributed by atoms with Gasteiger partial charge in [0, 0.05) is 13.1 Å². The number of hydrogen-bond acceptors (Lipinski definition) is 3. The molecular weight excluding hydrogens is 154 g/mol. The number of nitrogens with zero attached hydrogens (tertiary/aromatic N) is 3. The average molecular weight is 161 g/mol. The second kappa shape index (κ2) is 2.41. The highest BCUT2D eigenvalue weighted by atomic mass is 16.1. The van der Waals surface area contributed by atoms with E-state index in [1.807, 2.05) is 0 Å². The molecule has 2 rings (SSSR count). The van der Waals surface area contributed by atoms with E-state index in [4.69, 9.17) is 0 Å². The second-order valence-corrected chi connectivity index (χ2v) is 2.50. The lowest BCUT2D eigenvalue weighted by atomic mass is 10.4. The Bertz CT molecular complexity index is 433. The van der Waals surface area contributed by atoms with E-state index in [1.165, 1.54) is 17.8 Å². The molecule has 0 bridgehead atoms. The third-order valence-electron chi connectivity index (χ3n) is 1.69. The number of imidazole rings is 1. The zero-order valence-corrected chi connectivity index (χ0v) is 6.56. The summed E-state index contributed by atoms with van der Waals surface area (Å²) in [5.41, 5.74) is 1.55. The SMILES string of the molecule is CC(=O)n1cnc2cnccc21. The summed E-state index contributed by atoms with van der Waals surface area (Å²) in [5, 5.41) is 0. The minimum Gasteiger partial charge on any atom is -0.274 e. The fourth-order valence-corrected chi connectivity index (χ4v) is 1.12. The molecule has 0 atom stereocenters. The molecule has 2 heterocycles. The van der Waals surface area contributed by atoms with Crippen molar-refractivity contribution < 1.29 is 4.79 Å². The predicted molar refractivity (Wildman–Crippen MR) is 43.8 cm³/mol. The molecule has 0 fully saturated rings. The van der Waals surface area contributed by atoms with Crippen LogP contribution in [0, 0.1) is 0 Å². The monoisotopic (exact) mass is 161 g/mol. The number of carbonyl (C=O) groups excluding carboxylic acids is 1. The van der Waals surface area contributed by atoms with Crippen molar-refractivity contribution in [3.05, 3.63) is 24.8 Å². The zero-order valence-electron chi connectivity index (χ0n) is 6.56. The highest BCUT2D eigenvalue weighted by Crippen LogP contribution is 2.09. The number of rotatable bonds is 0. The molecule has 0 amide bonds. The van der Waals surface area contributed by atoms with Crippen molar-refractivity contribution in [2.45, 2.75) is 6.92 Å². The van der Waals surface area contributed by atoms with Gasteiger partial charge in [-0.05, 0) is 6.07 Å². The smallest absolute Gasteiger partial charge is 0.229 e. The van der Waals surface area contributed by atoms with Gasteiger partial charge in [0.15, 0.2) is 0 Å². The van der Waals surface area contributed by atoms with Gasteiger partial charge in [-0.1, -0.05) is 0 Å². The molecule has 0 N–H and O–H groups in total. The highest BCUT2D eigenvalue weighted by molar-refractivity contribution is 5.88. The molecule has 0 saturated heterocycles. The lowest BCUT2D eigenvalue weighted by molar-refractivity contribution is 0.0941. The molecule has 2 aromatic heterocycles. The molecule has 0 saturated carbocycles. The molecule has 2 aromatic rings. The van der Waals surface area contributed by atoms with Gasteiger partial charge >= 0.3 is 0 Å². The first-order valence-corrected chi connectivity index (χ1v) is 3.57. The van der Waals surface area contributed by atoms with E-state index in [0.717, 1.165) is 11.0 Å². The van der Waals surface area contributed by atoms with Crippen LogP contribution in [0.3, 0.4) is 0 Å². The second-order valence-electron chi connectivity index (χ2n) is 2.50. The Kier molecular flexibility index (Phi) is 1.40. The Hall–Kier alpha value is -1.71. The lowest BCUT2D eigenvalue weighted by Crippen LogP contribution is -2.02. The van der Waals surface area contributed by atoms with Crippen molar-refractivity contribution >= 4 is 16.9 Å². The van der Waals surface area contributed by atoms with Gasteiger partial charge in [-0.2, -0.15) is 0 Å². The van der Waals surface area contributed by atoms with Gasteiger partial charge in [-0.3, -0.25) is 14.3 Å². The molecule has 60 valence electrons. The summed E-state index contributed by atoms with van der Waals surface area (Å²) >= 11 is 0. The van der Waals surface area contributed by atoms with Crippen LogP contribution in [0.4, 0.5) is 0 Å². The van der Waals surface area contributed by atoms with Crippen molar-refractivity contribution in [3.8, 4) is 0 Å². The van der Waals surface area contributed by atoms with Gasteiger partial charge in [0.1, 0.15) is 11.8 Å². The van der Waals surface area contributed by atoms with E-state index in [0.29, 0.717) is 0 Å². The Morgan fingerprint density at radius 2 is 2.42 bits per heavy atom. The van der Waals surface area contributed by atoms with Crippen LogP contribution in [-0.2, 0) is 0 Å². The standard InChI is InChI=1S/C8H7N3O/c1-6(12)11-5-10-7-4-9-3-2-8(7)11/h2-5H,1H3. The van der Waals surface area contributed by atoms with Crippen molar-refractivity contribution in [2.75, 3.05) is 0 Å². The predicted octanol–water partition coefficient (Wildman–Crippen LogP) is 1.09. The number of pyridine rings is 1. The van der Waals surface area contributed by atoms with Gasteiger partial charge in [-0.15, -0.1) is 0 Å². The van der Waals surface area contributed by atoms with Crippen LogP contribution in [0.15, 0.2) is 24.8 Å². The molecule has 4 heteroatoms. The Morgan fingerprint density at radius 1 is 1.58 bits per heavy atom. The largest absolute Gasteiger partial charge is 0.274 e. The molecule has 0 aliphatic rings. The first kappa shape index (κ1) is 6.97. The van der Waals surface area contributed by atoms with Crippen LogP contribution in [0.2, 0.25) is 0 Å². The Balaban J connectivity index is 2.79. The van der Waals surface area contributed by atoms with Crippen LogP contribution in [0.5, 0.6) is 0 Å². The third kappa shape index (κ3) is 0.887. The molecule has 12 heavy (non-hydrogen) atoms. The van der Waals surface area contributed by atoms with Crippen molar-refractivity contribution in [1.29, 1.82) is 0 Å².